The zero-order chi connectivity index (χ0) is 19.1. The first-order valence-corrected chi connectivity index (χ1v) is 9.29. The number of aliphatic carboxylic acids is 1. The lowest BCUT2D eigenvalue weighted by Gasteiger charge is -2.22. The number of aromatic nitrogens is 2. The van der Waals surface area contributed by atoms with Gasteiger partial charge in [0.15, 0.2) is 0 Å². The van der Waals surface area contributed by atoms with Gasteiger partial charge < -0.3 is 5.11 Å². The maximum absolute atomic E-state index is 13.2. The number of carboxylic acids is 1. The molecular formula is C20H22N2O3S. The summed E-state index contributed by atoms with van der Waals surface area (Å²) in [4.78, 5) is 31.3. The molecule has 0 fully saturated rings. The van der Waals surface area contributed by atoms with Crippen molar-refractivity contribution < 1.29 is 9.90 Å². The minimum absolute atomic E-state index is 0.0839. The van der Waals surface area contributed by atoms with Crippen LogP contribution >= 0.6 is 11.3 Å². The molecule has 5 nitrogen and oxygen atoms in total. The van der Waals surface area contributed by atoms with E-state index < -0.39 is 11.4 Å². The molecule has 0 atom stereocenters. The van der Waals surface area contributed by atoms with E-state index in [9.17, 15) is 14.7 Å². The Hall–Kier alpha value is -2.47. The fraction of sp³-hybridized carbons (Fsp3) is 0.350. The van der Waals surface area contributed by atoms with Crippen LogP contribution in [0.25, 0.3) is 10.2 Å². The molecule has 0 saturated heterocycles. The predicted octanol–water partition coefficient (Wildman–Crippen LogP) is 3.78. The van der Waals surface area contributed by atoms with Crippen LogP contribution in [0.3, 0.4) is 0 Å². The van der Waals surface area contributed by atoms with E-state index in [-0.39, 0.29) is 12.1 Å². The molecule has 3 aromatic rings. The lowest BCUT2D eigenvalue weighted by molar-refractivity contribution is -0.147. The van der Waals surface area contributed by atoms with Crippen LogP contribution in [0.1, 0.15) is 35.7 Å². The van der Waals surface area contributed by atoms with Crippen molar-refractivity contribution in [3.63, 3.8) is 0 Å². The van der Waals surface area contributed by atoms with Crippen molar-refractivity contribution in [1.82, 2.24) is 9.55 Å². The Kier molecular flexibility index (Phi) is 4.71. The maximum Gasteiger partial charge on any atom is 0.310 e. The van der Waals surface area contributed by atoms with Gasteiger partial charge in [-0.2, -0.15) is 0 Å². The van der Waals surface area contributed by atoms with Crippen molar-refractivity contribution in [3.8, 4) is 0 Å². The molecule has 0 amide bonds. The summed E-state index contributed by atoms with van der Waals surface area (Å²) in [7, 11) is 0. The zero-order valence-electron chi connectivity index (χ0n) is 15.4. The Balaban J connectivity index is 2.22. The molecule has 1 aromatic carbocycles. The van der Waals surface area contributed by atoms with Crippen LogP contribution in [0.15, 0.2) is 35.1 Å². The van der Waals surface area contributed by atoms with Crippen LogP contribution in [0.4, 0.5) is 0 Å². The van der Waals surface area contributed by atoms with Gasteiger partial charge in [-0.3, -0.25) is 14.2 Å². The second-order valence-electron chi connectivity index (χ2n) is 7.23. The number of thiophene rings is 1. The monoisotopic (exact) mass is 370 g/mol. The largest absolute Gasteiger partial charge is 0.481 e. The van der Waals surface area contributed by atoms with Crippen molar-refractivity contribution >= 4 is 27.5 Å². The van der Waals surface area contributed by atoms with Gasteiger partial charge in [0.2, 0.25) is 0 Å². The summed E-state index contributed by atoms with van der Waals surface area (Å²) in [5, 5.41) is 10.1. The molecule has 136 valence electrons. The van der Waals surface area contributed by atoms with Gasteiger partial charge in [0.05, 0.1) is 10.8 Å². The predicted molar refractivity (Wildman–Crippen MR) is 104 cm³/mol. The van der Waals surface area contributed by atoms with E-state index >= 15 is 0 Å². The number of hydrogen-bond acceptors (Lipinski definition) is 4. The number of rotatable bonds is 5. The van der Waals surface area contributed by atoms with Crippen molar-refractivity contribution in [2.75, 3.05) is 0 Å². The van der Waals surface area contributed by atoms with Crippen LogP contribution in [0.2, 0.25) is 0 Å². The van der Waals surface area contributed by atoms with Crippen LogP contribution in [-0.4, -0.2) is 20.6 Å². The Labute approximate surface area is 155 Å². The molecular weight excluding hydrogens is 348 g/mol. The van der Waals surface area contributed by atoms with Gasteiger partial charge in [0, 0.05) is 17.8 Å². The van der Waals surface area contributed by atoms with Crippen LogP contribution in [0.5, 0.6) is 0 Å². The smallest absolute Gasteiger partial charge is 0.310 e. The van der Waals surface area contributed by atoms with Gasteiger partial charge in [-0.15, -0.1) is 11.3 Å². The third-order valence-electron chi connectivity index (χ3n) is 4.71. The van der Waals surface area contributed by atoms with Crippen LogP contribution < -0.4 is 5.56 Å². The summed E-state index contributed by atoms with van der Waals surface area (Å²) in [6.07, 6.45) is 0.484. The lowest BCUT2D eigenvalue weighted by atomic mass is 9.93. The Bertz CT molecular complexity index is 1030. The van der Waals surface area contributed by atoms with E-state index in [0.29, 0.717) is 17.6 Å². The highest BCUT2D eigenvalue weighted by Gasteiger charge is 2.30. The van der Waals surface area contributed by atoms with Gasteiger partial charge in [0.1, 0.15) is 10.7 Å². The van der Waals surface area contributed by atoms with Crippen molar-refractivity contribution in [3.05, 3.63) is 62.5 Å². The number of fused-ring (bicyclic) bond motifs is 1. The molecule has 0 unspecified atom stereocenters. The third-order valence-corrected chi connectivity index (χ3v) is 5.81. The number of aryl methyl sites for hydroxylation is 2. The Morgan fingerprint density at radius 1 is 1.23 bits per heavy atom. The van der Waals surface area contributed by atoms with E-state index in [0.717, 1.165) is 20.8 Å². The molecule has 2 aromatic heterocycles. The SMILES string of the molecule is Cc1sc2nc(Cc3ccccc3)n(CC(C)(C)C(=O)O)c(=O)c2c1C. The highest BCUT2D eigenvalue weighted by atomic mass is 32.1. The standard InChI is InChI=1S/C20H22N2O3S/c1-12-13(2)26-17-16(12)18(23)22(11-20(3,4)19(24)25)15(21-17)10-14-8-6-5-7-9-14/h5-9H,10-11H2,1-4H3,(H,24,25). The lowest BCUT2D eigenvalue weighted by Crippen LogP contribution is -2.36. The quantitative estimate of drug-likeness (QED) is 0.742. The number of carbonyl (C=O) groups is 1. The fourth-order valence-electron chi connectivity index (χ4n) is 2.91. The Morgan fingerprint density at radius 2 is 1.88 bits per heavy atom. The first-order chi connectivity index (χ1) is 12.2. The second kappa shape index (κ2) is 6.68. The molecule has 1 N–H and O–H groups in total. The van der Waals surface area contributed by atoms with Crippen molar-refractivity contribution in [2.24, 2.45) is 5.41 Å². The van der Waals surface area contributed by atoms with Gasteiger partial charge in [-0.05, 0) is 38.8 Å². The second-order valence-corrected chi connectivity index (χ2v) is 8.44. The normalized spacial score (nSPS) is 11.8. The van der Waals surface area contributed by atoms with Gasteiger partial charge in [0.25, 0.3) is 5.56 Å². The van der Waals surface area contributed by atoms with Crippen molar-refractivity contribution in [1.29, 1.82) is 0 Å². The summed E-state index contributed by atoms with van der Waals surface area (Å²) < 4.78 is 1.54. The summed E-state index contributed by atoms with van der Waals surface area (Å²) in [5.41, 5.74) is 0.738. The summed E-state index contributed by atoms with van der Waals surface area (Å²) >= 11 is 1.51. The van der Waals surface area contributed by atoms with Crippen LogP contribution in [-0.2, 0) is 17.8 Å². The topological polar surface area (TPSA) is 72.2 Å². The number of nitrogens with zero attached hydrogens (tertiary/aromatic N) is 2. The first-order valence-electron chi connectivity index (χ1n) is 8.47. The average Bonchev–Trinajstić information content (AvgIpc) is 2.86. The number of hydrogen-bond donors (Lipinski definition) is 1. The number of carboxylic acid groups (broad SMARTS) is 1. The highest BCUT2D eigenvalue weighted by molar-refractivity contribution is 7.18. The first kappa shape index (κ1) is 18.3. The molecule has 26 heavy (non-hydrogen) atoms. The summed E-state index contributed by atoms with van der Waals surface area (Å²) in [6, 6.07) is 9.78. The molecule has 0 aliphatic rings. The Morgan fingerprint density at radius 3 is 2.50 bits per heavy atom. The molecule has 0 aliphatic heterocycles. The van der Waals surface area contributed by atoms with Crippen molar-refractivity contribution in [2.45, 2.75) is 40.7 Å². The molecule has 0 bridgehead atoms. The average molecular weight is 370 g/mol. The maximum atomic E-state index is 13.2. The number of benzene rings is 1. The van der Waals surface area contributed by atoms with E-state index in [4.69, 9.17) is 4.98 Å². The molecule has 0 saturated carbocycles. The molecule has 0 aliphatic carbocycles. The fourth-order valence-corrected chi connectivity index (χ4v) is 3.95. The zero-order valence-corrected chi connectivity index (χ0v) is 16.2. The van der Waals surface area contributed by atoms with E-state index in [1.54, 1.807) is 18.4 Å². The van der Waals surface area contributed by atoms with Gasteiger partial charge in [-0.25, -0.2) is 4.98 Å². The van der Waals surface area contributed by atoms with E-state index in [1.807, 2.05) is 44.2 Å². The van der Waals surface area contributed by atoms with Crippen LogP contribution in [0, 0.1) is 19.3 Å². The molecule has 0 spiro atoms. The molecule has 0 radical (unpaired) electrons. The summed E-state index contributed by atoms with van der Waals surface area (Å²) in [5.74, 6) is -0.336. The van der Waals surface area contributed by atoms with Gasteiger partial charge >= 0.3 is 5.97 Å². The minimum Gasteiger partial charge on any atom is -0.481 e. The molecule has 2 heterocycles. The summed E-state index contributed by atoms with van der Waals surface area (Å²) in [6.45, 7) is 7.24. The van der Waals surface area contributed by atoms with E-state index in [2.05, 4.69) is 0 Å². The molecule has 6 heteroatoms. The van der Waals surface area contributed by atoms with E-state index in [1.165, 1.54) is 11.3 Å². The minimum atomic E-state index is -1.07. The molecule has 3 rings (SSSR count). The third kappa shape index (κ3) is 3.29. The van der Waals surface area contributed by atoms with Gasteiger partial charge in [-0.1, -0.05) is 30.3 Å². The highest BCUT2D eigenvalue weighted by Crippen LogP contribution is 2.28.